The topological polar surface area (TPSA) is 110 Å². The molecular formula is C14H17N7O2. The number of hydrogen-bond donors (Lipinski definition) is 1. The fourth-order valence-electron chi connectivity index (χ4n) is 3.36. The van der Waals surface area contributed by atoms with Crippen LogP contribution >= 0.6 is 0 Å². The Morgan fingerprint density at radius 2 is 2.17 bits per heavy atom. The average molecular weight is 315 g/mol. The first-order valence-electron chi connectivity index (χ1n) is 7.77. The molecular weight excluding hydrogens is 298 g/mol. The van der Waals surface area contributed by atoms with Crippen LogP contribution in [-0.2, 0) is 24.4 Å². The molecule has 1 N–H and O–H groups in total. The molecule has 0 saturated carbocycles. The Kier molecular flexibility index (Phi) is 3.21. The molecule has 4 rings (SSSR count). The van der Waals surface area contributed by atoms with Crippen molar-refractivity contribution in [2.45, 2.75) is 51.7 Å². The van der Waals surface area contributed by atoms with E-state index in [0.29, 0.717) is 36.0 Å². The highest BCUT2D eigenvalue weighted by atomic mass is 16.2. The van der Waals surface area contributed by atoms with Crippen LogP contribution in [-0.4, -0.2) is 41.0 Å². The number of nitrogens with one attached hydrogen (secondary N) is 1. The van der Waals surface area contributed by atoms with Gasteiger partial charge in [-0.05, 0) is 30.2 Å². The number of aromatic amines is 1. The molecule has 0 fully saturated rings. The van der Waals surface area contributed by atoms with Crippen molar-refractivity contribution >= 4 is 5.91 Å². The minimum Gasteiger partial charge on any atom is -0.332 e. The lowest BCUT2D eigenvalue weighted by Gasteiger charge is -2.20. The van der Waals surface area contributed by atoms with Gasteiger partial charge in [0.25, 0.3) is 5.56 Å². The molecule has 2 aliphatic rings. The molecule has 0 spiro atoms. The van der Waals surface area contributed by atoms with Gasteiger partial charge in [0.05, 0.1) is 30.3 Å². The maximum atomic E-state index is 13.0. The lowest BCUT2D eigenvalue weighted by atomic mass is 10.0. The van der Waals surface area contributed by atoms with Gasteiger partial charge in [-0.1, -0.05) is 6.42 Å². The first kappa shape index (κ1) is 14.0. The van der Waals surface area contributed by atoms with Crippen molar-refractivity contribution in [2.24, 2.45) is 0 Å². The van der Waals surface area contributed by atoms with Crippen LogP contribution in [0.25, 0.3) is 0 Å². The summed E-state index contributed by atoms with van der Waals surface area (Å²) >= 11 is 0. The van der Waals surface area contributed by atoms with Gasteiger partial charge < -0.3 is 9.88 Å². The van der Waals surface area contributed by atoms with Crippen molar-refractivity contribution in [3.8, 4) is 0 Å². The largest absolute Gasteiger partial charge is 0.332 e. The molecule has 23 heavy (non-hydrogen) atoms. The monoisotopic (exact) mass is 315 g/mol. The number of nitrogens with zero attached hydrogens (tertiary/aromatic N) is 6. The zero-order chi connectivity index (χ0) is 16.0. The minimum atomic E-state index is -0.345. The molecule has 2 aromatic rings. The molecule has 0 unspecified atom stereocenters. The first-order chi connectivity index (χ1) is 11.1. The van der Waals surface area contributed by atoms with Gasteiger partial charge in [-0.3, -0.25) is 9.59 Å². The molecule has 2 aromatic heterocycles. The predicted molar refractivity (Wildman–Crippen MR) is 78.3 cm³/mol. The summed E-state index contributed by atoms with van der Waals surface area (Å²) in [5.41, 5.74) is 1.11. The molecule has 0 aliphatic carbocycles. The Bertz CT molecular complexity index is 825. The number of hydrogen-bond acceptors (Lipinski definition) is 6. The average Bonchev–Trinajstić information content (AvgIpc) is 3.09. The normalized spacial score (nSPS) is 20.0. The van der Waals surface area contributed by atoms with Crippen LogP contribution in [0.1, 0.15) is 48.1 Å². The van der Waals surface area contributed by atoms with Crippen molar-refractivity contribution < 1.29 is 4.79 Å². The second-order valence-electron chi connectivity index (χ2n) is 6.08. The first-order valence-corrected chi connectivity index (χ1v) is 7.77. The zero-order valence-corrected chi connectivity index (χ0v) is 12.8. The second kappa shape index (κ2) is 5.25. The van der Waals surface area contributed by atoms with Crippen molar-refractivity contribution in [2.75, 3.05) is 0 Å². The molecule has 0 saturated heterocycles. The molecule has 1 amide bonds. The fourth-order valence-corrected chi connectivity index (χ4v) is 3.36. The predicted octanol–water partition coefficient (Wildman–Crippen LogP) is -0.125. The third-order valence-electron chi connectivity index (χ3n) is 4.50. The van der Waals surface area contributed by atoms with Crippen LogP contribution in [0, 0.1) is 6.92 Å². The molecule has 9 nitrogen and oxygen atoms in total. The van der Waals surface area contributed by atoms with Gasteiger partial charge in [0.1, 0.15) is 5.82 Å². The van der Waals surface area contributed by atoms with E-state index in [2.05, 4.69) is 25.5 Å². The van der Waals surface area contributed by atoms with Gasteiger partial charge >= 0.3 is 0 Å². The van der Waals surface area contributed by atoms with E-state index in [1.807, 2.05) is 0 Å². The summed E-state index contributed by atoms with van der Waals surface area (Å²) in [5.74, 6) is 0.822. The quantitative estimate of drug-likeness (QED) is 0.785. The maximum absolute atomic E-state index is 13.0. The van der Waals surface area contributed by atoms with Gasteiger partial charge in [-0.2, -0.15) is 0 Å². The van der Waals surface area contributed by atoms with Gasteiger partial charge in [0.15, 0.2) is 5.82 Å². The summed E-state index contributed by atoms with van der Waals surface area (Å²) in [6.45, 7) is 3.16. The lowest BCUT2D eigenvalue weighted by molar-refractivity contribution is -0.133. The Labute approximate surface area is 131 Å². The summed E-state index contributed by atoms with van der Waals surface area (Å²) in [4.78, 5) is 33.7. The molecule has 0 radical (unpaired) electrons. The number of carbonyl (C=O) groups is 1. The summed E-state index contributed by atoms with van der Waals surface area (Å²) in [6.07, 6.45) is 2.64. The van der Waals surface area contributed by atoms with Crippen LogP contribution in [0.5, 0.6) is 0 Å². The standard InChI is InChI=1S/C14H17N7O2/c1-8-15-11-7-20(6-10(11)13(22)16-8)14(23)9-4-2-3-5-21-12(9)17-18-19-21/h9H,2-7H2,1H3,(H,15,16,22)/t9-/m1/s1. The smallest absolute Gasteiger partial charge is 0.256 e. The Balaban J connectivity index is 1.62. The summed E-state index contributed by atoms with van der Waals surface area (Å²) < 4.78 is 1.72. The van der Waals surface area contributed by atoms with E-state index in [1.165, 1.54) is 0 Å². The van der Waals surface area contributed by atoms with Gasteiger partial charge in [-0.15, -0.1) is 5.10 Å². The van der Waals surface area contributed by atoms with Crippen LogP contribution in [0.2, 0.25) is 0 Å². The zero-order valence-electron chi connectivity index (χ0n) is 12.8. The van der Waals surface area contributed by atoms with E-state index in [4.69, 9.17) is 0 Å². The lowest BCUT2D eigenvalue weighted by Crippen LogP contribution is -2.32. The number of fused-ring (bicyclic) bond motifs is 2. The number of aryl methyl sites for hydroxylation is 2. The van der Waals surface area contributed by atoms with E-state index in [-0.39, 0.29) is 17.4 Å². The number of H-pyrrole nitrogens is 1. The van der Waals surface area contributed by atoms with E-state index < -0.39 is 0 Å². The van der Waals surface area contributed by atoms with Crippen molar-refractivity contribution in [3.63, 3.8) is 0 Å². The van der Waals surface area contributed by atoms with Gasteiger partial charge in [0.2, 0.25) is 5.91 Å². The highest BCUT2D eigenvalue weighted by Crippen LogP contribution is 2.29. The molecule has 1 atom stereocenters. The molecule has 9 heteroatoms. The number of tetrazole rings is 1. The summed E-state index contributed by atoms with van der Waals surface area (Å²) in [5, 5.41) is 11.7. The molecule has 0 aromatic carbocycles. The Morgan fingerprint density at radius 3 is 3.04 bits per heavy atom. The second-order valence-corrected chi connectivity index (χ2v) is 6.08. The van der Waals surface area contributed by atoms with E-state index >= 15 is 0 Å². The summed E-state index contributed by atoms with van der Waals surface area (Å²) in [6, 6.07) is 0. The van der Waals surface area contributed by atoms with E-state index in [0.717, 1.165) is 25.8 Å². The fraction of sp³-hybridized carbons (Fsp3) is 0.571. The van der Waals surface area contributed by atoms with Crippen LogP contribution in [0.15, 0.2) is 4.79 Å². The van der Waals surface area contributed by atoms with Crippen molar-refractivity contribution in [1.29, 1.82) is 0 Å². The van der Waals surface area contributed by atoms with Crippen molar-refractivity contribution in [3.05, 3.63) is 33.3 Å². The number of carbonyl (C=O) groups excluding carboxylic acids is 1. The van der Waals surface area contributed by atoms with E-state index in [1.54, 1.807) is 16.5 Å². The Morgan fingerprint density at radius 1 is 1.30 bits per heavy atom. The minimum absolute atomic E-state index is 0.0296. The highest BCUT2D eigenvalue weighted by molar-refractivity contribution is 5.83. The third-order valence-corrected chi connectivity index (χ3v) is 4.50. The maximum Gasteiger partial charge on any atom is 0.256 e. The van der Waals surface area contributed by atoms with Crippen LogP contribution in [0.3, 0.4) is 0 Å². The van der Waals surface area contributed by atoms with Gasteiger partial charge in [-0.25, -0.2) is 9.67 Å². The number of aromatic nitrogens is 6. The van der Waals surface area contributed by atoms with E-state index in [9.17, 15) is 9.59 Å². The van der Waals surface area contributed by atoms with Crippen molar-refractivity contribution in [1.82, 2.24) is 35.1 Å². The molecule has 4 heterocycles. The number of amides is 1. The highest BCUT2D eigenvalue weighted by Gasteiger charge is 2.35. The molecule has 0 bridgehead atoms. The third kappa shape index (κ3) is 2.32. The van der Waals surface area contributed by atoms with Crippen LogP contribution < -0.4 is 5.56 Å². The summed E-state index contributed by atoms with van der Waals surface area (Å²) in [7, 11) is 0. The van der Waals surface area contributed by atoms with Crippen LogP contribution in [0.4, 0.5) is 0 Å². The number of rotatable bonds is 1. The SMILES string of the molecule is Cc1nc2c(c(=O)[nH]1)CN(C(=O)[C@@H]1CCCCn3nnnc31)C2. The Hall–Kier alpha value is -2.58. The molecule has 2 aliphatic heterocycles. The van der Waals surface area contributed by atoms with Gasteiger partial charge in [0, 0.05) is 6.54 Å². The molecule has 120 valence electrons.